The maximum Gasteiger partial charge on any atom is 0.252 e. The third kappa shape index (κ3) is 3.07. The molecule has 1 saturated carbocycles. The maximum atomic E-state index is 13.0. The van der Waals surface area contributed by atoms with E-state index in [0.717, 1.165) is 28.6 Å². The van der Waals surface area contributed by atoms with E-state index in [0.29, 0.717) is 35.0 Å². The van der Waals surface area contributed by atoms with Crippen LogP contribution in [0, 0.1) is 0 Å². The minimum absolute atomic E-state index is 0.0345. The summed E-state index contributed by atoms with van der Waals surface area (Å²) in [5.41, 5.74) is 10.2. The Labute approximate surface area is 200 Å². The van der Waals surface area contributed by atoms with Gasteiger partial charge in [-0.2, -0.15) is 14.4 Å². The van der Waals surface area contributed by atoms with Crippen molar-refractivity contribution in [2.24, 2.45) is 0 Å². The van der Waals surface area contributed by atoms with Crippen LogP contribution in [0.2, 0.25) is 0 Å². The lowest BCUT2D eigenvalue weighted by Crippen LogP contribution is -2.49. The molecule has 5 heterocycles. The number of piperazine rings is 1. The highest BCUT2D eigenvalue weighted by Crippen LogP contribution is 2.42. The van der Waals surface area contributed by atoms with Crippen LogP contribution in [-0.4, -0.2) is 58.1 Å². The lowest BCUT2D eigenvalue weighted by molar-refractivity contribution is 0.368. The predicted octanol–water partition coefficient (Wildman–Crippen LogP) is 3.19. The molecular weight excluding hydrogens is 470 g/mol. The Morgan fingerprint density at radius 3 is 2.71 bits per heavy atom. The van der Waals surface area contributed by atoms with E-state index in [1.807, 2.05) is 18.2 Å². The van der Waals surface area contributed by atoms with Crippen molar-refractivity contribution >= 4 is 44.0 Å². The molecule has 0 amide bonds. The minimum atomic E-state index is -3.46. The Bertz CT molecular complexity index is 1510. The van der Waals surface area contributed by atoms with Crippen molar-refractivity contribution in [2.75, 3.05) is 23.7 Å². The Morgan fingerprint density at radius 2 is 1.97 bits per heavy atom. The molecule has 34 heavy (non-hydrogen) atoms. The highest BCUT2D eigenvalue weighted by Gasteiger charge is 2.49. The Balaban J connectivity index is 1.20. The average Bonchev–Trinajstić information content (AvgIpc) is 3.31. The van der Waals surface area contributed by atoms with Crippen molar-refractivity contribution in [3.8, 4) is 11.3 Å². The first-order chi connectivity index (χ1) is 16.5. The van der Waals surface area contributed by atoms with Crippen LogP contribution in [0.5, 0.6) is 0 Å². The number of nitrogens with zero attached hydrogens (tertiary/aromatic N) is 5. The van der Waals surface area contributed by atoms with Gasteiger partial charge in [0.05, 0.1) is 16.6 Å². The van der Waals surface area contributed by atoms with Crippen molar-refractivity contribution in [1.82, 2.24) is 24.5 Å². The normalized spacial score (nSPS) is 22.8. The van der Waals surface area contributed by atoms with Gasteiger partial charge in [-0.05, 0) is 42.8 Å². The van der Waals surface area contributed by atoms with E-state index in [2.05, 4.69) is 26.1 Å². The van der Waals surface area contributed by atoms with Crippen LogP contribution in [0.4, 0.5) is 11.8 Å². The number of benzene rings is 1. The summed E-state index contributed by atoms with van der Waals surface area (Å²) in [7, 11) is -3.46. The fraction of sp³-hybridized carbons (Fsp3) is 0.348. The van der Waals surface area contributed by atoms with Gasteiger partial charge in [0.15, 0.2) is 0 Å². The Hall–Kier alpha value is -3.02. The van der Waals surface area contributed by atoms with Gasteiger partial charge >= 0.3 is 0 Å². The number of thiophene rings is 1. The summed E-state index contributed by atoms with van der Waals surface area (Å²) in [4.78, 5) is 11.6. The van der Waals surface area contributed by atoms with E-state index in [1.165, 1.54) is 29.9 Å². The van der Waals surface area contributed by atoms with Crippen LogP contribution in [0.25, 0.3) is 22.2 Å². The van der Waals surface area contributed by atoms with E-state index >= 15 is 0 Å². The van der Waals surface area contributed by atoms with E-state index < -0.39 is 10.0 Å². The third-order valence-corrected chi connectivity index (χ3v) is 10.4. The van der Waals surface area contributed by atoms with Crippen LogP contribution >= 0.6 is 11.3 Å². The van der Waals surface area contributed by atoms with Crippen molar-refractivity contribution in [3.63, 3.8) is 0 Å². The van der Waals surface area contributed by atoms with Crippen molar-refractivity contribution < 1.29 is 8.42 Å². The van der Waals surface area contributed by atoms with Crippen molar-refractivity contribution in [2.45, 2.75) is 41.5 Å². The highest BCUT2D eigenvalue weighted by atomic mass is 32.2. The average molecular weight is 494 g/mol. The number of hydrogen-bond acceptors (Lipinski definition) is 8. The van der Waals surface area contributed by atoms with E-state index in [9.17, 15) is 8.42 Å². The molecule has 3 aromatic heterocycles. The molecule has 2 atom stereocenters. The second-order valence-corrected chi connectivity index (χ2v) is 12.4. The van der Waals surface area contributed by atoms with E-state index in [-0.39, 0.29) is 12.1 Å². The van der Waals surface area contributed by atoms with Gasteiger partial charge < -0.3 is 10.6 Å². The molecule has 0 spiro atoms. The van der Waals surface area contributed by atoms with Gasteiger partial charge in [0.25, 0.3) is 10.0 Å². The summed E-state index contributed by atoms with van der Waals surface area (Å²) in [6, 6.07) is 11.4. The molecule has 2 unspecified atom stereocenters. The second kappa shape index (κ2) is 7.24. The second-order valence-electron chi connectivity index (χ2n) is 9.29. The molecule has 11 heteroatoms. The summed E-state index contributed by atoms with van der Waals surface area (Å²) in [5, 5.41) is 10.3. The first kappa shape index (κ1) is 20.4. The lowest BCUT2D eigenvalue weighted by Gasteiger charge is -2.33. The van der Waals surface area contributed by atoms with E-state index in [4.69, 9.17) is 10.7 Å². The summed E-state index contributed by atoms with van der Waals surface area (Å²) in [6.07, 6.45) is 3.18. The SMILES string of the molecule is Nc1nc(N2CC3CC2CN3S(=O)(=O)c2cccs2)nc2cccc(-c3cc(C4CC4)[nH]n3)c12. The largest absolute Gasteiger partial charge is 0.383 e. The van der Waals surface area contributed by atoms with Crippen molar-refractivity contribution in [3.05, 3.63) is 47.5 Å². The molecule has 174 valence electrons. The summed E-state index contributed by atoms with van der Waals surface area (Å²) < 4.78 is 28.1. The molecule has 3 fully saturated rings. The molecule has 3 aliphatic rings. The van der Waals surface area contributed by atoms with Gasteiger partial charge in [-0.15, -0.1) is 11.3 Å². The highest BCUT2D eigenvalue weighted by molar-refractivity contribution is 7.91. The molecule has 4 aromatic rings. The van der Waals surface area contributed by atoms with Crippen LogP contribution in [0.3, 0.4) is 0 Å². The molecule has 3 N–H and O–H groups in total. The number of sulfonamides is 1. The third-order valence-electron chi connectivity index (χ3n) is 7.14. The van der Waals surface area contributed by atoms with Crippen LogP contribution in [0.1, 0.15) is 30.9 Å². The number of nitrogens with two attached hydrogens (primary N) is 1. The van der Waals surface area contributed by atoms with Gasteiger partial charge in [0, 0.05) is 42.3 Å². The topological polar surface area (TPSA) is 121 Å². The summed E-state index contributed by atoms with van der Waals surface area (Å²) >= 11 is 1.26. The monoisotopic (exact) mass is 493 g/mol. The summed E-state index contributed by atoms with van der Waals surface area (Å²) in [5.74, 6) is 1.56. The molecule has 2 aliphatic heterocycles. The lowest BCUT2D eigenvalue weighted by atomic mass is 10.1. The quantitative estimate of drug-likeness (QED) is 0.438. The smallest absolute Gasteiger partial charge is 0.252 e. The molecule has 1 aromatic carbocycles. The number of H-pyrrole nitrogens is 1. The van der Waals surface area contributed by atoms with Gasteiger partial charge in [-0.3, -0.25) is 5.10 Å². The number of fused-ring (bicyclic) bond motifs is 3. The number of nitrogens with one attached hydrogen (secondary N) is 1. The number of aromatic nitrogens is 4. The summed E-state index contributed by atoms with van der Waals surface area (Å²) in [6.45, 7) is 0.994. The standard InChI is InChI=1S/C23H23N7O2S2/c24-22-21-16(19-10-18(27-28-19)13-6-7-13)3-1-4-17(21)25-23(26-22)29-11-15-9-14(29)12-30(15)34(31,32)20-5-2-8-33-20/h1-5,8,10,13-15H,6-7,9,11-12H2,(H,27,28)(H2,24,25,26). The number of hydrogen-bond donors (Lipinski definition) is 2. The first-order valence-corrected chi connectivity index (χ1v) is 13.7. The number of anilines is 2. The van der Waals surface area contributed by atoms with Gasteiger partial charge in [0.1, 0.15) is 10.0 Å². The predicted molar refractivity (Wildman–Crippen MR) is 131 cm³/mol. The zero-order valence-electron chi connectivity index (χ0n) is 18.3. The minimum Gasteiger partial charge on any atom is -0.383 e. The Kier molecular flexibility index (Phi) is 4.33. The van der Waals surface area contributed by atoms with Gasteiger partial charge in [-0.25, -0.2) is 13.4 Å². The maximum absolute atomic E-state index is 13.0. The zero-order chi connectivity index (χ0) is 23.0. The van der Waals surface area contributed by atoms with Gasteiger partial charge in [-0.1, -0.05) is 18.2 Å². The number of rotatable bonds is 5. The fourth-order valence-corrected chi connectivity index (χ4v) is 8.10. The van der Waals surface area contributed by atoms with Gasteiger partial charge in [0.2, 0.25) is 5.95 Å². The van der Waals surface area contributed by atoms with Crippen LogP contribution < -0.4 is 10.6 Å². The van der Waals surface area contributed by atoms with Crippen molar-refractivity contribution in [1.29, 1.82) is 0 Å². The first-order valence-electron chi connectivity index (χ1n) is 11.4. The molecule has 9 nitrogen and oxygen atoms in total. The van der Waals surface area contributed by atoms with E-state index in [1.54, 1.807) is 21.8 Å². The molecule has 0 radical (unpaired) electrons. The molecule has 1 aliphatic carbocycles. The molecule has 2 bridgehead atoms. The number of aromatic amines is 1. The molecule has 7 rings (SSSR count). The number of nitrogen functional groups attached to an aromatic ring is 1. The van der Waals surface area contributed by atoms with Crippen LogP contribution in [0.15, 0.2) is 46.0 Å². The zero-order valence-corrected chi connectivity index (χ0v) is 19.9. The molecule has 2 saturated heterocycles. The fourth-order valence-electron chi connectivity index (χ4n) is 5.31. The molecular formula is C23H23N7O2S2. The van der Waals surface area contributed by atoms with Crippen LogP contribution in [-0.2, 0) is 10.0 Å². The Morgan fingerprint density at radius 1 is 1.09 bits per heavy atom.